The van der Waals surface area contributed by atoms with Gasteiger partial charge in [0.15, 0.2) is 6.29 Å². The molecule has 1 aliphatic rings. The zero-order chi connectivity index (χ0) is 7.56. The third-order valence-electron chi connectivity index (χ3n) is 1.63. The fourth-order valence-corrected chi connectivity index (χ4v) is 0.949. The molecule has 0 aromatic carbocycles. The first-order chi connectivity index (χ1) is 4.75. The van der Waals surface area contributed by atoms with E-state index >= 15 is 0 Å². The van der Waals surface area contributed by atoms with E-state index in [1.165, 1.54) is 0 Å². The van der Waals surface area contributed by atoms with Crippen molar-refractivity contribution in [2.24, 2.45) is 5.92 Å². The van der Waals surface area contributed by atoms with Crippen LogP contribution in [-0.2, 0) is 9.47 Å². The first-order valence-electron chi connectivity index (χ1n) is 4.02. The Morgan fingerprint density at radius 1 is 1.50 bits per heavy atom. The first-order valence-corrected chi connectivity index (χ1v) is 4.02. The van der Waals surface area contributed by atoms with Crippen LogP contribution < -0.4 is 0 Å². The van der Waals surface area contributed by atoms with E-state index in [-0.39, 0.29) is 6.29 Å². The quantitative estimate of drug-likeness (QED) is 0.561. The molecule has 0 aromatic heterocycles. The summed E-state index contributed by atoms with van der Waals surface area (Å²) < 4.78 is 10.6. The highest BCUT2D eigenvalue weighted by molar-refractivity contribution is 4.79. The molecule has 2 atom stereocenters. The van der Waals surface area contributed by atoms with Crippen molar-refractivity contribution in [3.8, 4) is 0 Å². The molecule has 0 radical (unpaired) electrons. The van der Waals surface area contributed by atoms with E-state index in [9.17, 15) is 0 Å². The van der Waals surface area contributed by atoms with E-state index in [1.807, 2.05) is 0 Å². The van der Waals surface area contributed by atoms with Crippen LogP contribution in [0.3, 0.4) is 0 Å². The maximum absolute atomic E-state index is 5.35. The molecule has 0 aliphatic carbocycles. The second kappa shape index (κ2) is 3.35. The first kappa shape index (κ1) is 8.02. The summed E-state index contributed by atoms with van der Waals surface area (Å²) in [6, 6.07) is 0. The van der Waals surface area contributed by atoms with Crippen LogP contribution in [0.15, 0.2) is 0 Å². The Kier molecular flexibility index (Phi) is 2.69. The molecule has 1 fully saturated rings. The van der Waals surface area contributed by atoms with Gasteiger partial charge in [0.05, 0.1) is 0 Å². The molecular formula is C8H16O2. The minimum atomic E-state index is 0.111. The molecule has 0 saturated carbocycles. The van der Waals surface area contributed by atoms with Crippen LogP contribution >= 0.6 is 0 Å². The van der Waals surface area contributed by atoms with Crippen molar-refractivity contribution >= 4 is 0 Å². The van der Waals surface area contributed by atoms with Gasteiger partial charge in [-0.25, -0.2) is 0 Å². The van der Waals surface area contributed by atoms with Crippen molar-refractivity contribution in [3.05, 3.63) is 0 Å². The zero-order valence-corrected chi connectivity index (χ0v) is 6.96. The Hall–Kier alpha value is -0.0800. The molecule has 1 saturated heterocycles. The molecule has 2 heteroatoms. The van der Waals surface area contributed by atoms with Crippen LogP contribution in [0.1, 0.15) is 27.2 Å². The van der Waals surface area contributed by atoms with E-state index in [0.29, 0.717) is 12.0 Å². The third-order valence-corrected chi connectivity index (χ3v) is 1.63. The predicted octanol–water partition coefficient (Wildman–Crippen LogP) is 1.79. The minimum Gasteiger partial charge on any atom is -0.350 e. The molecule has 2 nitrogen and oxygen atoms in total. The third kappa shape index (κ3) is 1.96. The van der Waals surface area contributed by atoms with Crippen LogP contribution in [0.2, 0.25) is 0 Å². The summed E-state index contributed by atoms with van der Waals surface area (Å²) in [5.41, 5.74) is 0. The number of epoxide rings is 1. The standard InChI is InChI=1S/C8H16O2/c1-4-5-9-8-7(10-8)6(2)3/h6-8H,4-5H2,1-3H3. The summed E-state index contributed by atoms with van der Waals surface area (Å²) in [5, 5.41) is 0. The van der Waals surface area contributed by atoms with Gasteiger partial charge in [0.25, 0.3) is 0 Å². The number of hydrogen-bond acceptors (Lipinski definition) is 2. The predicted molar refractivity (Wildman–Crippen MR) is 39.7 cm³/mol. The van der Waals surface area contributed by atoms with Crippen LogP contribution in [0, 0.1) is 5.92 Å². The van der Waals surface area contributed by atoms with Crippen molar-refractivity contribution in [3.63, 3.8) is 0 Å². The molecule has 0 spiro atoms. The smallest absolute Gasteiger partial charge is 0.184 e. The summed E-state index contributed by atoms with van der Waals surface area (Å²) in [5.74, 6) is 0.599. The maximum Gasteiger partial charge on any atom is 0.184 e. The highest BCUT2D eigenvalue weighted by Gasteiger charge is 2.41. The van der Waals surface area contributed by atoms with E-state index in [1.54, 1.807) is 0 Å². The van der Waals surface area contributed by atoms with Crippen molar-refractivity contribution in [2.75, 3.05) is 6.61 Å². The molecule has 0 N–H and O–H groups in total. The highest BCUT2D eigenvalue weighted by atomic mass is 16.8. The van der Waals surface area contributed by atoms with Gasteiger partial charge in [0.1, 0.15) is 6.10 Å². The van der Waals surface area contributed by atoms with Gasteiger partial charge in [0, 0.05) is 6.61 Å². The fraction of sp³-hybridized carbons (Fsp3) is 1.00. The van der Waals surface area contributed by atoms with Gasteiger partial charge in [-0.2, -0.15) is 0 Å². The van der Waals surface area contributed by atoms with Crippen molar-refractivity contribution in [2.45, 2.75) is 39.6 Å². The lowest BCUT2D eigenvalue weighted by atomic mass is 10.1. The number of hydrogen-bond donors (Lipinski definition) is 0. The molecule has 2 unspecified atom stereocenters. The lowest BCUT2D eigenvalue weighted by Gasteiger charge is -1.97. The average Bonchev–Trinajstić information content (AvgIpc) is 2.62. The molecule has 0 bridgehead atoms. The Bertz CT molecular complexity index is 101. The summed E-state index contributed by atoms with van der Waals surface area (Å²) in [6.45, 7) is 7.24. The number of ether oxygens (including phenoxy) is 2. The van der Waals surface area contributed by atoms with Crippen molar-refractivity contribution < 1.29 is 9.47 Å². The summed E-state index contributed by atoms with van der Waals surface area (Å²) in [6.07, 6.45) is 1.55. The van der Waals surface area contributed by atoms with E-state index in [2.05, 4.69) is 20.8 Å². The Labute approximate surface area is 62.5 Å². The topological polar surface area (TPSA) is 21.8 Å². The van der Waals surface area contributed by atoms with Gasteiger partial charge in [0.2, 0.25) is 0 Å². The van der Waals surface area contributed by atoms with E-state index < -0.39 is 0 Å². The molecule has 60 valence electrons. The van der Waals surface area contributed by atoms with Crippen LogP contribution in [0.4, 0.5) is 0 Å². The van der Waals surface area contributed by atoms with Crippen molar-refractivity contribution in [1.82, 2.24) is 0 Å². The number of rotatable bonds is 4. The molecule has 10 heavy (non-hydrogen) atoms. The van der Waals surface area contributed by atoms with Gasteiger partial charge in [-0.15, -0.1) is 0 Å². The summed E-state index contributed by atoms with van der Waals surface area (Å²) in [7, 11) is 0. The maximum atomic E-state index is 5.35. The van der Waals surface area contributed by atoms with Gasteiger partial charge < -0.3 is 9.47 Å². The lowest BCUT2D eigenvalue weighted by molar-refractivity contribution is 0.0507. The van der Waals surface area contributed by atoms with Gasteiger partial charge in [-0.1, -0.05) is 20.8 Å². The van der Waals surface area contributed by atoms with E-state index in [4.69, 9.17) is 9.47 Å². The molecule has 0 amide bonds. The largest absolute Gasteiger partial charge is 0.350 e. The Balaban J connectivity index is 2.02. The summed E-state index contributed by atoms with van der Waals surface area (Å²) >= 11 is 0. The highest BCUT2D eigenvalue weighted by Crippen LogP contribution is 2.29. The molecule has 1 heterocycles. The normalized spacial score (nSPS) is 31.2. The molecule has 0 aromatic rings. The fourth-order valence-electron chi connectivity index (χ4n) is 0.949. The summed E-state index contributed by atoms with van der Waals surface area (Å²) in [4.78, 5) is 0. The molecule has 1 rings (SSSR count). The Morgan fingerprint density at radius 2 is 2.20 bits per heavy atom. The van der Waals surface area contributed by atoms with Crippen LogP contribution in [0.5, 0.6) is 0 Å². The molecule has 1 aliphatic heterocycles. The average molecular weight is 144 g/mol. The zero-order valence-electron chi connectivity index (χ0n) is 6.96. The minimum absolute atomic E-state index is 0.111. The van der Waals surface area contributed by atoms with Gasteiger partial charge in [-0.3, -0.25) is 0 Å². The van der Waals surface area contributed by atoms with Gasteiger partial charge >= 0.3 is 0 Å². The van der Waals surface area contributed by atoms with E-state index in [0.717, 1.165) is 13.0 Å². The van der Waals surface area contributed by atoms with Crippen LogP contribution in [-0.4, -0.2) is 19.0 Å². The molecular weight excluding hydrogens is 128 g/mol. The SMILES string of the molecule is CCCOC1OC1C(C)C. The monoisotopic (exact) mass is 144 g/mol. The van der Waals surface area contributed by atoms with Gasteiger partial charge in [-0.05, 0) is 12.3 Å². The lowest BCUT2D eigenvalue weighted by Crippen LogP contribution is -2.06. The second-order valence-corrected chi connectivity index (χ2v) is 3.08. The second-order valence-electron chi connectivity index (χ2n) is 3.08. The Morgan fingerprint density at radius 3 is 2.60 bits per heavy atom. The van der Waals surface area contributed by atoms with Crippen LogP contribution in [0.25, 0.3) is 0 Å². The van der Waals surface area contributed by atoms with Crippen molar-refractivity contribution in [1.29, 1.82) is 0 Å².